The third-order valence-electron chi connectivity index (χ3n) is 3.71. The molecule has 16 heavy (non-hydrogen) atoms. The largest absolute Gasteiger partial charge is 0.396 e. The van der Waals surface area contributed by atoms with Crippen molar-refractivity contribution in [2.75, 3.05) is 32.8 Å². The minimum absolute atomic E-state index is 0.120. The number of nitrogens with zero attached hydrogens (tertiary/aromatic N) is 2. The summed E-state index contributed by atoms with van der Waals surface area (Å²) in [6.07, 6.45) is 4.72. The molecule has 2 saturated heterocycles. The van der Waals surface area contributed by atoms with Crippen LogP contribution in [0.4, 0.5) is 0 Å². The van der Waals surface area contributed by atoms with Crippen molar-refractivity contribution in [2.45, 2.75) is 38.1 Å². The molecule has 0 bridgehead atoms. The van der Waals surface area contributed by atoms with Crippen LogP contribution in [0.15, 0.2) is 0 Å². The maximum atomic E-state index is 11.9. The topological polar surface area (TPSA) is 43.8 Å². The summed E-state index contributed by atoms with van der Waals surface area (Å²) in [4.78, 5) is 16.4. The van der Waals surface area contributed by atoms with Gasteiger partial charge in [-0.25, -0.2) is 0 Å². The molecule has 0 aromatic rings. The van der Waals surface area contributed by atoms with Crippen LogP contribution in [0.5, 0.6) is 0 Å². The Hall–Kier alpha value is -0.610. The van der Waals surface area contributed by atoms with Crippen molar-refractivity contribution in [3.05, 3.63) is 0 Å². The fourth-order valence-corrected chi connectivity index (χ4v) is 2.82. The first-order valence-corrected chi connectivity index (χ1v) is 6.44. The SMILES string of the molecule is O=C(CCCO)N1CCCN2CCCC2C1. The molecule has 0 aromatic heterocycles. The Labute approximate surface area is 97.2 Å². The van der Waals surface area contributed by atoms with Crippen LogP contribution in [0.1, 0.15) is 32.1 Å². The molecule has 2 fully saturated rings. The zero-order chi connectivity index (χ0) is 11.4. The highest BCUT2D eigenvalue weighted by Crippen LogP contribution is 2.21. The van der Waals surface area contributed by atoms with E-state index in [0.29, 0.717) is 18.9 Å². The van der Waals surface area contributed by atoms with Crippen LogP contribution in [0, 0.1) is 0 Å². The molecule has 0 aromatic carbocycles. The molecule has 1 unspecified atom stereocenters. The quantitative estimate of drug-likeness (QED) is 0.760. The molecule has 2 rings (SSSR count). The van der Waals surface area contributed by atoms with Crippen LogP contribution < -0.4 is 0 Å². The van der Waals surface area contributed by atoms with E-state index in [9.17, 15) is 4.79 Å². The van der Waals surface area contributed by atoms with Gasteiger partial charge in [-0.2, -0.15) is 0 Å². The predicted molar refractivity (Wildman–Crippen MR) is 62.1 cm³/mol. The molecule has 92 valence electrons. The number of carbonyl (C=O) groups excluding carboxylic acids is 1. The van der Waals surface area contributed by atoms with Crippen molar-refractivity contribution in [1.29, 1.82) is 0 Å². The maximum Gasteiger partial charge on any atom is 0.222 e. The highest BCUT2D eigenvalue weighted by Gasteiger charge is 2.30. The molecule has 0 spiro atoms. The Morgan fingerprint density at radius 3 is 2.88 bits per heavy atom. The lowest BCUT2D eigenvalue weighted by atomic mass is 10.2. The summed E-state index contributed by atoms with van der Waals surface area (Å²) in [7, 11) is 0. The zero-order valence-electron chi connectivity index (χ0n) is 9.90. The number of aliphatic hydroxyl groups excluding tert-OH is 1. The molecular weight excluding hydrogens is 204 g/mol. The predicted octanol–water partition coefficient (Wildman–Crippen LogP) is 0.456. The molecule has 2 heterocycles. The van der Waals surface area contributed by atoms with E-state index in [1.54, 1.807) is 0 Å². The normalized spacial score (nSPS) is 26.6. The molecule has 2 aliphatic rings. The second-order valence-corrected chi connectivity index (χ2v) is 4.85. The van der Waals surface area contributed by atoms with Crippen molar-refractivity contribution >= 4 is 5.91 Å². The average molecular weight is 226 g/mol. The lowest BCUT2D eigenvalue weighted by Crippen LogP contribution is -2.39. The Balaban J connectivity index is 1.87. The Bertz CT molecular complexity index is 245. The first kappa shape index (κ1) is 11.9. The van der Waals surface area contributed by atoms with E-state index in [-0.39, 0.29) is 12.5 Å². The van der Waals surface area contributed by atoms with Gasteiger partial charge in [0.25, 0.3) is 0 Å². The van der Waals surface area contributed by atoms with Gasteiger partial charge in [-0.15, -0.1) is 0 Å². The van der Waals surface area contributed by atoms with Crippen LogP contribution in [-0.2, 0) is 4.79 Å². The minimum Gasteiger partial charge on any atom is -0.396 e. The smallest absolute Gasteiger partial charge is 0.222 e. The summed E-state index contributed by atoms with van der Waals surface area (Å²) in [6, 6.07) is 0.598. The molecule has 1 N–H and O–H groups in total. The van der Waals surface area contributed by atoms with Gasteiger partial charge in [0.1, 0.15) is 0 Å². The summed E-state index contributed by atoms with van der Waals surface area (Å²) < 4.78 is 0. The van der Waals surface area contributed by atoms with Gasteiger partial charge in [0.15, 0.2) is 0 Å². The summed E-state index contributed by atoms with van der Waals surface area (Å²) >= 11 is 0. The third kappa shape index (κ3) is 2.74. The number of hydrogen-bond acceptors (Lipinski definition) is 3. The van der Waals surface area contributed by atoms with E-state index in [1.165, 1.54) is 19.4 Å². The van der Waals surface area contributed by atoms with E-state index in [2.05, 4.69) is 4.90 Å². The van der Waals surface area contributed by atoms with Crippen LogP contribution in [0.2, 0.25) is 0 Å². The Kier molecular flexibility index (Phi) is 4.18. The van der Waals surface area contributed by atoms with Crippen LogP contribution in [0.3, 0.4) is 0 Å². The van der Waals surface area contributed by atoms with Crippen molar-refractivity contribution in [1.82, 2.24) is 9.80 Å². The number of carbonyl (C=O) groups is 1. The molecule has 1 atom stereocenters. The summed E-state index contributed by atoms with van der Waals surface area (Å²) in [6.45, 7) is 4.29. The fraction of sp³-hybridized carbons (Fsp3) is 0.917. The molecular formula is C12H22N2O2. The molecule has 2 aliphatic heterocycles. The van der Waals surface area contributed by atoms with E-state index < -0.39 is 0 Å². The number of aliphatic hydroxyl groups is 1. The average Bonchev–Trinajstić information content (AvgIpc) is 2.63. The van der Waals surface area contributed by atoms with Gasteiger partial charge in [-0.1, -0.05) is 0 Å². The lowest BCUT2D eigenvalue weighted by molar-refractivity contribution is -0.131. The van der Waals surface area contributed by atoms with Crippen LogP contribution in [0.25, 0.3) is 0 Å². The van der Waals surface area contributed by atoms with Crippen molar-refractivity contribution in [2.24, 2.45) is 0 Å². The molecule has 1 amide bonds. The van der Waals surface area contributed by atoms with E-state index in [1.807, 2.05) is 4.90 Å². The number of rotatable bonds is 3. The summed E-state index contributed by atoms with van der Waals surface area (Å²) in [5, 5.41) is 8.74. The van der Waals surface area contributed by atoms with Gasteiger partial charge in [0, 0.05) is 38.7 Å². The summed E-state index contributed by atoms with van der Waals surface area (Å²) in [5.41, 5.74) is 0. The summed E-state index contributed by atoms with van der Waals surface area (Å²) in [5.74, 6) is 0.225. The zero-order valence-corrected chi connectivity index (χ0v) is 9.90. The van der Waals surface area contributed by atoms with Gasteiger partial charge in [-0.05, 0) is 32.2 Å². The van der Waals surface area contributed by atoms with Gasteiger partial charge in [0.2, 0.25) is 5.91 Å². The van der Waals surface area contributed by atoms with Crippen molar-refractivity contribution in [3.63, 3.8) is 0 Å². The van der Waals surface area contributed by atoms with Gasteiger partial charge < -0.3 is 10.0 Å². The van der Waals surface area contributed by atoms with Gasteiger partial charge in [0.05, 0.1) is 0 Å². The lowest BCUT2D eigenvalue weighted by Gasteiger charge is -2.25. The molecule has 0 radical (unpaired) electrons. The molecule has 0 aliphatic carbocycles. The van der Waals surface area contributed by atoms with E-state index in [4.69, 9.17) is 5.11 Å². The highest BCUT2D eigenvalue weighted by molar-refractivity contribution is 5.76. The fourth-order valence-electron chi connectivity index (χ4n) is 2.82. The standard InChI is InChI=1S/C12H22N2O2/c15-9-2-5-12(16)14-8-3-7-13-6-1-4-11(13)10-14/h11,15H,1-10H2. The molecule has 0 saturated carbocycles. The Morgan fingerprint density at radius 2 is 2.06 bits per heavy atom. The minimum atomic E-state index is 0.120. The van der Waals surface area contributed by atoms with Crippen molar-refractivity contribution < 1.29 is 9.90 Å². The number of fused-ring (bicyclic) bond motifs is 1. The number of hydrogen-bond donors (Lipinski definition) is 1. The second kappa shape index (κ2) is 5.64. The molecule has 4 heteroatoms. The van der Waals surface area contributed by atoms with Crippen LogP contribution >= 0.6 is 0 Å². The van der Waals surface area contributed by atoms with E-state index >= 15 is 0 Å². The second-order valence-electron chi connectivity index (χ2n) is 4.85. The van der Waals surface area contributed by atoms with Gasteiger partial charge >= 0.3 is 0 Å². The van der Waals surface area contributed by atoms with Crippen LogP contribution in [-0.4, -0.2) is 59.6 Å². The molecule has 4 nitrogen and oxygen atoms in total. The maximum absolute atomic E-state index is 11.9. The Morgan fingerprint density at radius 1 is 1.25 bits per heavy atom. The van der Waals surface area contributed by atoms with Gasteiger partial charge in [-0.3, -0.25) is 9.69 Å². The monoisotopic (exact) mass is 226 g/mol. The highest BCUT2D eigenvalue weighted by atomic mass is 16.3. The third-order valence-corrected chi connectivity index (χ3v) is 3.71. The van der Waals surface area contributed by atoms with Crippen molar-refractivity contribution in [3.8, 4) is 0 Å². The van der Waals surface area contributed by atoms with E-state index in [0.717, 1.165) is 26.1 Å². The first-order chi connectivity index (χ1) is 7.81. The number of amides is 1. The first-order valence-electron chi connectivity index (χ1n) is 6.44.